The second-order valence-electron chi connectivity index (χ2n) is 2.26. The van der Waals surface area contributed by atoms with Crippen molar-refractivity contribution in [1.29, 1.82) is 0 Å². The van der Waals surface area contributed by atoms with Crippen LogP contribution in [0.2, 0.25) is 0 Å². The van der Waals surface area contributed by atoms with Crippen molar-refractivity contribution in [2.45, 2.75) is 11.8 Å². The Morgan fingerprint density at radius 2 is 2.09 bits per heavy atom. The van der Waals surface area contributed by atoms with E-state index in [-0.39, 0.29) is 10.6 Å². The molecule has 1 atom stereocenters. The highest BCUT2D eigenvalue weighted by Gasteiger charge is 2.09. The van der Waals surface area contributed by atoms with Crippen molar-refractivity contribution in [3.63, 3.8) is 0 Å². The lowest BCUT2D eigenvalue weighted by atomic mass is 10.2. The van der Waals surface area contributed by atoms with E-state index in [1.165, 1.54) is 0 Å². The van der Waals surface area contributed by atoms with Gasteiger partial charge in [0.1, 0.15) is 5.82 Å². The van der Waals surface area contributed by atoms with Crippen LogP contribution < -0.4 is 0 Å². The Kier molecular flexibility index (Phi) is 3.07. The summed E-state index contributed by atoms with van der Waals surface area (Å²) in [5, 5.41) is 0. The molecule has 1 aromatic rings. The molecule has 1 rings (SSSR count). The molecule has 0 saturated carbocycles. The standard InChI is InChI=1S/C8H7Br2F/c1-5(9)6-3-2-4-7(10)8(6)11/h2-5H,1H3. The van der Waals surface area contributed by atoms with E-state index in [2.05, 4.69) is 31.9 Å². The lowest BCUT2D eigenvalue weighted by molar-refractivity contribution is 0.605. The molecule has 1 aromatic carbocycles. The number of hydrogen-bond donors (Lipinski definition) is 0. The quantitative estimate of drug-likeness (QED) is 0.682. The normalized spacial score (nSPS) is 13.1. The summed E-state index contributed by atoms with van der Waals surface area (Å²) in [5.74, 6) is -0.183. The van der Waals surface area contributed by atoms with Crippen molar-refractivity contribution in [1.82, 2.24) is 0 Å². The molecule has 0 aliphatic rings. The zero-order chi connectivity index (χ0) is 8.43. The molecule has 0 nitrogen and oxygen atoms in total. The van der Waals surface area contributed by atoms with E-state index in [0.29, 0.717) is 10.0 Å². The Balaban J connectivity index is 3.17. The van der Waals surface area contributed by atoms with Crippen LogP contribution in [0, 0.1) is 5.82 Å². The molecule has 0 saturated heterocycles. The van der Waals surface area contributed by atoms with Crippen molar-refractivity contribution in [3.8, 4) is 0 Å². The summed E-state index contributed by atoms with van der Waals surface area (Å²) in [4.78, 5) is 0.0556. The molecule has 0 heterocycles. The van der Waals surface area contributed by atoms with Gasteiger partial charge in [0.15, 0.2) is 0 Å². The van der Waals surface area contributed by atoms with Gasteiger partial charge in [-0.3, -0.25) is 0 Å². The molecule has 0 spiro atoms. The summed E-state index contributed by atoms with van der Waals surface area (Å²) in [6.07, 6.45) is 0. The molecular formula is C8H7Br2F. The molecular weight excluding hydrogens is 275 g/mol. The first-order valence-electron chi connectivity index (χ1n) is 3.21. The van der Waals surface area contributed by atoms with Crippen molar-refractivity contribution >= 4 is 31.9 Å². The lowest BCUT2D eigenvalue weighted by Crippen LogP contribution is -1.90. The van der Waals surface area contributed by atoms with Gasteiger partial charge in [0.2, 0.25) is 0 Å². The summed E-state index contributed by atoms with van der Waals surface area (Å²) in [7, 11) is 0. The molecule has 1 unspecified atom stereocenters. The molecule has 0 bridgehead atoms. The Labute approximate surface area is 82.1 Å². The van der Waals surface area contributed by atoms with Crippen molar-refractivity contribution in [2.24, 2.45) is 0 Å². The third-order valence-electron chi connectivity index (χ3n) is 1.41. The summed E-state index contributed by atoms with van der Waals surface area (Å²) in [6, 6.07) is 5.27. The first kappa shape index (κ1) is 9.20. The van der Waals surface area contributed by atoms with E-state index in [0.717, 1.165) is 0 Å². The van der Waals surface area contributed by atoms with Gasteiger partial charge in [0.25, 0.3) is 0 Å². The van der Waals surface area contributed by atoms with E-state index in [9.17, 15) is 4.39 Å². The van der Waals surface area contributed by atoms with Crippen molar-refractivity contribution in [2.75, 3.05) is 0 Å². The predicted octanol–water partition coefficient (Wildman–Crippen LogP) is 4.04. The number of rotatable bonds is 1. The lowest BCUT2D eigenvalue weighted by Gasteiger charge is -2.05. The first-order chi connectivity index (χ1) is 5.13. The second kappa shape index (κ2) is 3.68. The van der Waals surface area contributed by atoms with Gasteiger partial charge in [-0.15, -0.1) is 0 Å². The van der Waals surface area contributed by atoms with Gasteiger partial charge in [-0.25, -0.2) is 4.39 Å². The van der Waals surface area contributed by atoms with Crippen LogP contribution >= 0.6 is 31.9 Å². The number of benzene rings is 1. The van der Waals surface area contributed by atoms with Gasteiger partial charge in [-0.1, -0.05) is 28.1 Å². The van der Waals surface area contributed by atoms with Crippen LogP contribution in [0.3, 0.4) is 0 Å². The smallest absolute Gasteiger partial charge is 0.141 e. The maximum absolute atomic E-state index is 13.2. The third kappa shape index (κ3) is 2.03. The highest BCUT2D eigenvalue weighted by Crippen LogP contribution is 2.28. The zero-order valence-electron chi connectivity index (χ0n) is 5.94. The van der Waals surface area contributed by atoms with Gasteiger partial charge in [-0.05, 0) is 28.9 Å². The molecule has 0 amide bonds. The SMILES string of the molecule is CC(Br)c1cccc(Br)c1F. The zero-order valence-corrected chi connectivity index (χ0v) is 9.12. The Bertz CT molecular complexity index is 258. The number of alkyl halides is 1. The average molecular weight is 282 g/mol. The summed E-state index contributed by atoms with van der Waals surface area (Å²) < 4.78 is 13.7. The molecule has 0 fully saturated rings. The molecule has 0 N–H and O–H groups in total. The van der Waals surface area contributed by atoms with Crippen LogP contribution in [0.1, 0.15) is 17.3 Å². The largest absolute Gasteiger partial charge is 0.205 e. The number of hydrogen-bond acceptors (Lipinski definition) is 0. The first-order valence-corrected chi connectivity index (χ1v) is 4.91. The monoisotopic (exact) mass is 280 g/mol. The van der Waals surface area contributed by atoms with E-state index < -0.39 is 0 Å². The predicted molar refractivity (Wildman–Crippen MR) is 51.4 cm³/mol. The highest BCUT2D eigenvalue weighted by molar-refractivity contribution is 9.10. The van der Waals surface area contributed by atoms with Crippen LogP contribution in [-0.2, 0) is 0 Å². The topological polar surface area (TPSA) is 0 Å². The van der Waals surface area contributed by atoms with Crippen molar-refractivity contribution in [3.05, 3.63) is 34.1 Å². The Morgan fingerprint density at radius 3 is 2.55 bits per heavy atom. The molecule has 0 aliphatic carbocycles. The van der Waals surface area contributed by atoms with Crippen LogP contribution in [0.4, 0.5) is 4.39 Å². The van der Waals surface area contributed by atoms with Crippen LogP contribution in [-0.4, -0.2) is 0 Å². The minimum Gasteiger partial charge on any atom is -0.205 e. The van der Waals surface area contributed by atoms with Gasteiger partial charge >= 0.3 is 0 Å². The second-order valence-corrected chi connectivity index (χ2v) is 4.49. The third-order valence-corrected chi connectivity index (χ3v) is 2.52. The van der Waals surface area contributed by atoms with E-state index >= 15 is 0 Å². The Hall–Kier alpha value is 0.110. The van der Waals surface area contributed by atoms with Gasteiger partial charge in [0.05, 0.1) is 4.47 Å². The van der Waals surface area contributed by atoms with Crippen LogP contribution in [0.25, 0.3) is 0 Å². The minimum atomic E-state index is -0.183. The Morgan fingerprint density at radius 1 is 1.45 bits per heavy atom. The number of halogens is 3. The molecule has 0 radical (unpaired) electrons. The van der Waals surface area contributed by atoms with Crippen molar-refractivity contribution < 1.29 is 4.39 Å². The molecule has 3 heteroatoms. The van der Waals surface area contributed by atoms with E-state index in [1.54, 1.807) is 12.1 Å². The van der Waals surface area contributed by atoms with Crippen LogP contribution in [0.15, 0.2) is 22.7 Å². The maximum Gasteiger partial charge on any atom is 0.141 e. The van der Waals surface area contributed by atoms with E-state index in [1.807, 2.05) is 13.0 Å². The highest BCUT2D eigenvalue weighted by atomic mass is 79.9. The fourth-order valence-electron chi connectivity index (χ4n) is 0.828. The van der Waals surface area contributed by atoms with E-state index in [4.69, 9.17) is 0 Å². The summed E-state index contributed by atoms with van der Waals surface area (Å²) >= 11 is 6.43. The molecule has 60 valence electrons. The van der Waals surface area contributed by atoms with Crippen LogP contribution in [0.5, 0.6) is 0 Å². The maximum atomic E-state index is 13.2. The van der Waals surface area contributed by atoms with Gasteiger partial charge in [-0.2, -0.15) is 0 Å². The van der Waals surface area contributed by atoms with Gasteiger partial charge in [0, 0.05) is 10.4 Å². The molecule has 0 aliphatic heterocycles. The summed E-state index contributed by atoms with van der Waals surface area (Å²) in [5.41, 5.74) is 0.680. The molecule has 0 aromatic heterocycles. The fraction of sp³-hybridized carbons (Fsp3) is 0.250. The van der Waals surface area contributed by atoms with Gasteiger partial charge < -0.3 is 0 Å². The summed E-state index contributed by atoms with van der Waals surface area (Å²) in [6.45, 7) is 1.89. The minimum absolute atomic E-state index is 0.0556. The molecule has 11 heavy (non-hydrogen) atoms. The fourth-order valence-corrected chi connectivity index (χ4v) is 1.56. The average Bonchev–Trinajstić information content (AvgIpc) is 1.94.